The van der Waals surface area contributed by atoms with Gasteiger partial charge in [-0.2, -0.15) is 0 Å². The molecule has 3 aromatic rings. The molecule has 2 heterocycles. The minimum atomic E-state index is -0.820. The first-order valence-corrected chi connectivity index (χ1v) is 11.1. The van der Waals surface area contributed by atoms with E-state index in [1.165, 1.54) is 28.4 Å². The zero-order chi connectivity index (χ0) is 23.5. The Labute approximate surface area is 195 Å². The van der Waals surface area contributed by atoms with Crippen molar-refractivity contribution in [3.63, 3.8) is 0 Å². The maximum Gasteiger partial charge on any atom is 0.290 e. The minimum Gasteiger partial charge on any atom is -0.508 e. The van der Waals surface area contributed by atoms with E-state index >= 15 is 0 Å². The number of nitrogens with zero attached hydrogens (tertiary/aromatic N) is 1. The van der Waals surface area contributed by atoms with Crippen LogP contribution in [-0.2, 0) is 11.2 Å². The number of hydrogen-bond donors (Lipinski definition) is 2. The number of ether oxygens (including phenoxy) is 2. The number of benzene rings is 2. The summed E-state index contributed by atoms with van der Waals surface area (Å²) in [6.45, 7) is 0.236. The second-order valence-electron chi connectivity index (χ2n) is 7.50. The second-order valence-corrected chi connectivity index (χ2v) is 8.45. The van der Waals surface area contributed by atoms with Crippen molar-refractivity contribution in [2.45, 2.75) is 12.5 Å². The van der Waals surface area contributed by atoms with Gasteiger partial charge in [0, 0.05) is 6.54 Å². The molecule has 1 aromatic heterocycles. The Hall–Kier alpha value is -3.78. The summed E-state index contributed by atoms with van der Waals surface area (Å²) in [5.74, 6) is -0.411. The van der Waals surface area contributed by atoms with Crippen LogP contribution in [0.1, 0.15) is 26.8 Å². The van der Waals surface area contributed by atoms with Gasteiger partial charge in [-0.1, -0.05) is 24.3 Å². The Kier molecular flexibility index (Phi) is 6.37. The van der Waals surface area contributed by atoms with Gasteiger partial charge in [0.2, 0.25) is 5.78 Å². The Morgan fingerprint density at radius 3 is 2.48 bits per heavy atom. The monoisotopic (exact) mass is 465 g/mol. The average molecular weight is 466 g/mol. The van der Waals surface area contributed by atoms with E-state index in [1.54, 1.807) is 49.9 Å². The predicted octanol–water partition coefficient (Wildman–Crippen LogP) is 4.29. The summed E-state index contributed by atoms with van der Waals surface area (Å²) < 4.78 is 10.6. The third kappa shape index (κ3) is 4.29. The zero-order valence-corrected chi connectivity index (χ0v) is 19.0. The number of phenolic OH excluding ortho intramolecular Hbond substituents is 1. The van der Waals surface area contributed by atoms with Gasteiger partial charge in [-0.3, -0.25) is 9.59 Å². The topological polar surface area (TPSA) is 96.3 Å². The van der Waals surface area contributed by atoms with Crippen LogP contribution in [0.2, 0.25) is 0 Å². The van der Waals surface area contributed by atoms with E-state index in [4.69, 9.17) is 9.47 Å². The Morgan fingerprint density at radius 2 is 1.82 bits per heavy atom. The maximum absolute atomic E-state index is 13.2. The lowest BCUT2D eigenvalue weighted by atomic mass is 9.95. The van der Waals surface area contributed by atoms with Crippen LogP contribution in [0.25, 0.3) is 0 Å². The number of aromatic hydroxyl groups is 1. The third-order valence-corrected chi connectivity index (χ3v) is 6.44. The van der Waals surface area contributed by atoms with Crippen molar-refractivity contribution in [1.29, 1.82) is 0 Å². The second kappa shape index (κ2) is 9.38. The molecule has 0 aliphatic carbocycles. The quantitative estimate of drug-likeness (QED) is 0.482. The number of hydrogen-bond acceptors (Lipinski definition) is 7. The number of aliphatic hydroxyl groups is 1. The fraction of sp³-hybridized carbons (Fsp3) is 0.200. The molecule has 0 spiro atoms. The van der Waals surface area contributed by atoms with Crippen LogP contribution in [0, 0.1) is 0 Å². The van der Waals surface area contributed by atoms with E-state index < -0.39 is 23.5 Å². The van der Waals surface area contributed by atoms with Crippen LogP contribution in [0.15, 0.2) is 71.3 Å². The number of rotatable bonds is 8. The lowest BCUT2D eigenvalue weighted by Gasteiger charge is -2.27. The number of amides is 1. The maximum atomic E-state index is 13.2. The summed E-state index contributed by atoms with van der Waals surface area (Å²) in [5.41, 5.74) is 1.45. The minimum absolute atomic E-state index is 0.00843. The normalized spacial score (nSPS) is 15.8. The standard InChI is InChI=1S/C25H23NO6S/c1-31-18-9-8-15(13-19(18)32-2)10-11-26-22(16-5-3-6-17(27)14-16)21(24(29)25(26)30)23(28)20-7-4-12-33-20/h3-9,12-14,22,27,29H,10-11H2,1-2H3. The molecule has 1 aliphatic rings. The number of aliphatic hydroxyl groups excluding tert-OH is 1. The van der Waals surface area contributed by atoms with Crippen molar-refractivity contribution in [2.75, 3.05) is 20.8 Å². The number of carbonyl (C=O) groups is 2. The highest BCUT2D eigenvalue weighted by molar-refractivity contribution is 7.12. The first kappa shape index (κ1) is 22.4. The molecule has 2 N–H and O–H groups in total. The molecule has 1 unspecified atom stereocenters. The molecule has 1 aliphatic heterocycles. The van der Waals surface area contributed by atoms with E-state index in [1.807, 2.05) is 12.1 Å². The van der Waals surface area contributed by atoms with Crippen molar-refractivity contribution >= 4 is 23.0 Å². The summed E-state index contributed by atoms with van der Waals surface area (Å²) in [4.78, 5) is 28.2. The summed E-state index contributed by atoms with van der Waals surface area (Å²) in [5, 5.41) is 22.5. The summed E-state index contributed by atoms with van der Waals surface area (Å²) in [6, 6.07) is 14.4. The van der Waals surface area contributed by atoms with Gasteiger partial charge in [0.05, 0.1) is 30.7 Å². The van der Waals surface area contributed by atoms with Crippen molar-refractivity contribution in [3.8, 4) is 17.2 Å². The molecule has 0 fully saturated rings. The molecule has 7 nitrogen and oxygen atoms in total. The number of thiophene rings is 1. The van der Waals surface area contributed by atoms with Crippen LogP contribution in [0.3, 0.4) is 0 Å². The summed E-state index contributed by atoms with van der Waals surface area (Å²) >= 11 is 1.24. The highest BCUT2D eigenvalue weighted by Gasteiger charge is 2.43. The van der Waals surface area contributed by atoms with Crippen LogP contribution in [-0.4, -0.2) is 47.6 Å². The van der Waals surface area contributed by atoms with Crippen LogP contribution in [0.4, 0.5) is 0 Å². The van der Waals surface area contributed by atoms with Gasteiger partial charge in [0.1, 0.15) is 5.75 Å². The predicted molar refractivity (Wildman–Crippen MR) is 124 cm³/mol. The zero-order valence-electron chi connectivity index (χ0n) is 18.1. The van der Waals surface area contributed by atoms with Crippen molar-refractivity contribution in [2.24, 2.45) is 0 Å². The third-order valence-electron chi connectivity index (χ3n) is 5.57. The molecule has 1 amide bonds. The number of Topliss-reactive ketones (excluding diaryl/α,β-unsaturated/α-hetero) is 1. The highest BCUT2D eigenvalue weighted by Crippen LogP contribution is 2.40. The molecule has 0 saturated carbocycles. The number of methoxy groups -OCH3 is 2. The van der Waals surface area contributed by atoms with Gasteiger partial charge in [-0.25, -0.2) is 0 Å². The molecule has 0 saturated heterocycles. The fourth-order valence-corrected chi connectivity index (χ4v) is 4.66. The smallest absolute Gasteiger partial charge is 0.290 e. The first-order valence-electron chi connectivity index (χ1n) is 10.3. The molecule has 170 valence electrons. The van der Waals surface area contributed by atoms with Gasteiger partial charge in [0.15, 0.2) is 17.3 Å². The number of carbonyl (C=O) groups excluding carboxylic acids is 2. The number of ketones is 1. The Morgan fingerprint density at radius 1 is 1.03 bits per heavy atom. The average Bonchev–Trinajstić information content (AvgIpc) is 3.45. The van der Waals surface area contributed by atoms with Gasteiger partial charge in [0.25, 0.3) is 5.91 Å². The Balaban J connectivity index is 1.68. The van der Waals surface area contributed by atoms with E-state index in [-0.39, 0.29) is 17.9 Å². The molecule has 0 bridgehead atoms. The number of phenols is 1. The SMILES string of the molecule is COc1ccc(CCN2C(=O)C(O)=C(C(=O)c3cccs3)C2c2cccc(O)c2)cc1OC. The first-order chi connectivity index (χ1) is 15.9. The lowest BCUT2D eigenvalue weighted by molar-refractivity contribution is -0.129. The molecule has 1 atom stereocenters. The van der Waals surface area contributed by atoms with E-state index in [0.29, 0.717) is 28.4 Å². The van der Waals surface area contributed by atoms with E-state index in [2.05, 4.69) is 0 Å². The molecular weight excluding hydrogens is 442 g/mol. The van der Waals surface area contributed by atoms with E-state index in [0.717, 1.165) is 5.56 Å². The van der Waals surface area contributed by atoms with Gasteiger partial charge in [-0.15, -0.1) is 11.3 Å². The summed E-state index contributed by atoms with van der Waals surface area (Å²) in [6.07, 6.45) is 0.454. The Bertz CT molecular complexity index is 1220. The van der Waals surface area contributed by atoms with Crippen LogP contribution >= 0.6 is 11.3 Å². The van der Waals surface area contributed by atoms with Crippen molar-refractivity contribution in [3.05, 3.63) is 87.3 Å². The molecular formula is C25H23NO6S. The van der Waals surface area contributed by atoms with E-state index in [9.17, 15) is 19.8 Å². The summed E-state index contributed by atoms with van der Waals surface area (Å²) in [7, 11) is 3.11. The largest absolute Gasteiger partial charge is 0.508 e. The molecule has 0 radical (unpaired) electrons. The van der Waals surface area contributed by atoms with Crippen molar-refractivity contribution < 1.29 is 29.3 Å². The molecule has 8 heteroatoms. The van der Waals surface area contributed by atoms with Crippen molar-refractivity contribution in [1.82, 2.24) is 4.90 Å². The molecule has 4 rings (SSSR count). The highest BCUT2D eigenvalue weighted by atomic mass is 32.1. The van der Waals surface area contributed by atoms with Gasteiger partial charge >= 0.3 is 0 Å². The van der Waals surface area contributed by atoms with Crippen LogP contribution < -0.4 is 9.47 Å². The van der Waals surface area contributed by atoms with Gasteiger partial charge < -0.3 is 24.6 Å². The molecule has 33 heavy (non-hydrogen) atoms. The fourth-order valence-electron chi connectivity index (χ4n) is 3.98. The lowest BCUT2D eigenvalue weighted by Crippen LogP contribution is -2.33. The van der Waals surface area contributed by atoms with Crippen LogP contribution in [0.5, 0.6) is 17.2 Å². The molecule has 2 aromatic carbocycles. The van der Waals surface area contributed by atoms with Gasteiger partial charge in [-0.05, 0) is 53.3 Å².